The van der Waals surface area contributed by atoms with Crippen LogP contribution in [0.25, 0.3) is 10.2 Å². The maximum Gasteiger partial charge on any atom is 0.289 e. The van der Waals surface area contributed by atoms with Gasteiger partial charge < -0.3 is 20.9 Å². The number of aromatic nitrogens is 3. The molecule has 2 aliphatic rings. The van der Waals surface area contributed by atoms with Gasteiger partial charge in [0.05, 0.1) is 10.2 Å². The molecule has 2 aromatic heterocycles. The summed E-state index contributed by atoms with van der Waals surface area (Å²) in [6.07, 6.45) is 4.93. The highest BCUT2D eigenvalue weighted by Crippen LogP contribution is 2.35. The highest BCUT2D eigenvalue weighted by molar-refractivity contribution is 7.99. The standard InChI is InChI=1S/C24H29F2N7OS2/c1-15(9-28-22-29-11-17(12-30-22)35-21(25)26)10-31-23-32-18-3-2-16(8-19(18)36-23)20(34)33-6-4-24(5-7-33)13-27-14-24/h2-3,8,11-12,15,21,27H,4-7,9-10,13-14H2,1H3,(H,31,32)(H,28,29,30)/t15-/m0/s1. The Kier molecular flexibility index (Phi) is 7.54. The van der Waals surface area contributed by atoms with Gasteiger partial charge in [-0.2, -0.15) is 8.78 Å². The van der Waals surface area contributed by atoms with Gasteiger partial charge in [0.25, 0.3) is 11.7 Å². The molecule has 192 valence electrons. The van der Waals surface area contributed by atoms with Crippen molar-refractivity contribution in [3.63, 3.8) is 0 Å². The van der Waals surface area contributed by atoms with Gasteiger partial charge in [0.15, 0.2) is 5.13 Å². The molecule has 2 aliphatic heterocycles. The number of piperidine rings is 1. The molecular weight excluding hydrogens is 504 g/mol. The largest absolute Gasteiger partial charge is 0.361 e. The molecule has 0 saturated carbocycles. The fourth-order valence-electron chi connectivity index (χ4n) is 4.50. The SMILES string of the molecule is C[C@@H](CNc1ncc(SC(F)F)cn1)CNc1nc2ccc(C(=O)N3CCC4(CC3)CNC4)cc2s1. The highest BCUT2D eigenvalue weighted by Gasteiger charge is 2.40. The van der Waals surface area contributed by atoms with Crippen molar-refractivity contribution in [3.05, 3.63) is 36.2 Å². The average Bonchev–Trinajstić information content (AvgIpc) is 3.27. The van der Waals surface area contributed by atoms with Gasteiger partial charge in [-0.15, -0.1) is 0 Å². The zero-order chi connectivity index (χ0) is 25.1. The third-order valence-electron chi connectivity index (χ3n) is 6.81. The first-order chi connectivity index (χ1) is 17.4. The van der Waals surface area contributed by atoms with E-state index in [-0.39, 0.29) is 11.8 Å². The molecule has 4 heterocycles. The van der Waals surface area contributed by atoms with Crippen molar-refractivity contribution in [1.82, 2.24) is 25.2 Å². The molecular formula is C24H29F2N7OS2. The molecule has 2 fully saturated rings. The summed E-state index contributed by atoms with van der Waals surface area (Å²) in [4.78, 5) is 28.2. The van der Waals surface area contributed by atoms with Gasteiger partial charge in [0.2, 0.25) is 5.95 Å². The summed E-state index contributed by atoms with van der Waals surface area (Å²) in [7, 11) is 0. The third kappa shape index (κ3) is 5.87. The Morgan fingerprint density at radius 1 is 1.19 bits per heavy atom. The van der Waals surface area contributed by atoms with E-state index in [9.17, 15) is 13.6 Å². The molecule has 1 amide bonds. The summed E-state index contributed by atoms with van der Waals surface area (Å²) in [6, 6.07) is 5.75. The lowest BCUT2D eigenvalue weighted by molar-refractivity contribution is 0.0415. The summed E-state index contributed by atoms with van der Waals surface area (Å²) in [5.74, 6) is -1.74. The number of nitrogens with zero attached hydrogens (tertiary/aromatic N) is 4. The van der Waals surface area contributed by atoms with Crippen LogP contribution < -0.4 is 16.0 Å². The molecule has 12 heteroatoms. The van der Waals surface area contributed by atoms with E-state index in [1.54, 1.807) is 11.3 Å². The van der Waals surface area contributed by atoms with Crippen LogP contribution in [0.1, 0.15) is 30.1 Å². The van der Waals surface area contributed by atoms with Crippen molar-refractivity contribution < 1.29 is 13.6 Å². The van der Waals surface area contributed by atoms with Crippen LogP contribution in [0.15, 0.2) is 35.5 Å². The molecule has 1 aromatic carbocycles. The van der Waals surface area contributed by atoms with Crippen molar-refractivity contribution in [2.24, 2.45) is 11.3 Å². The van der Waals surface area contributed by atoms with E-state index in [2.05, 4.69) is 37.8 Å². The van der Waals surface area contributed by atoms with Crippen LogP contribution in [-0.4, -0.2) is 70.8 Å². The Bertz CT molecular complexity index is 1190. The smallest absolute Gasteiger partial charge is 0.289 e. The molecule has 2 saturated heterocycles. The first-order valence-electron chi connectivity index (χ1n) is 12.0. The number of hydrogen-bond donors (Lipinski definition) is 3. The van der Waals surface area contributed by atoms with Crippen LogP contribution in [0.2, 0.25) is 0 Å². The number of hydrogen-bond acceptors (Lipinski definition) is 9. The zero-order valence-electron chi connectivity index (χ0n) is 20.0. The number of carbonyl (C=O) groups is 1. The van der Waals surface area contributed by atoms with E-state index in [0.29, 0.717) is 41.1 Å². The quantitative estimate of drug-likeness (QED) is 0.349. The van der Waals surface area contributed by atoms with Crippen LogP contribution in [0.5, 0.6) is 0 Å². The minimum absolute atomic E-state index is 0.102. The van der Waals surface area contributed by atoms with E-state index in [4.69, 9.17) is 0 Å². The molecule has 0 bridgehead atoms. The van der Waals surface area contributed by atoms with E-state index < -0.39 is 5.76 Å². The van der Waals surface area contributed by atoms with E-state index in [0.717, 1.165) is 59.9 Å². The first-order valence-corrected chi connectivity index (χ1v) is 13.7. The normalized spacial score (nSPS) is 17.8. The molecule has 5 rings (SSSR count). The second-order valence-corrected chi connectivity index (χ2v) is 11.7. The van der Waals surface area contributed by atoms with Gasteiger partial charge in [-0.25, -0.2) is 15.0 Å². The molecule has 3 N–H and O–H groups in total. The van der Waals surface area contributed by atoms with Gasteiger partial charge in [-0.3, -0.25) is 4.79 Å². The summed E-state index contributed by atoms with van der Waals surface area (Å²) in [5, 5.41) is 10.7. The number of thioether (sulfide) groups is 1. The van der Waals surface area contributed by atoms with Crippen LogP contribution in [0.3, 0.4) is 0 Å². The number of fused-ring (bicyclic) bond motifs is 1. The lowest BCUT2D eigenvalue weighted by atomic mass is 9.73. The maximum absolute atomic E-state index is 13.1. The average molecular weight is 534 g/mol. The van der Waals surface area contributed by atoms with Crippen molar-refractivity contribution in [2.45, 2.75) is 30.4 Å². The second-order valence-electron chi connectivity index (χ2n) is 9.59. The van der Waals surface area contributed by atoms with Crippen molar-refractivity contribution >= 4 is 50.3 Å². The van der Waals surface area contributed by atoms with Gasteiger partial charge in [-0.05, 0) is 42.4 Å². The Morgan fingerprint density at radius 2 is 1.92 bits per heavy atom. The van der Waals surface area contributed by atoms with Crippen LogP contribution in [-0.2, 0) is 0 Å². The van der Waals surface area contributed by atoms with Crippen molar-refractivity contribution in [3.8, 4) is 0 Å². The second kappa shape index (κ2) is 10.8. The lowest BCUT2D eigenvalue weighted by Crippen LogP contribution is -2.58. The Balaban J connectivity index is 1.11. The topological polar surface area (TPSA) is 95.1 Å². The molecule has 36 heavy (non-hydrogen) atoms. The van der Waals surface area contributed by atoms with Gasteiger partial charge >= 0.3 is 0 Å². The van der Waals surface area contributed by atoms with E-state index >= 15 is 0 Å². The molecule has 0 unspecified atom stereocenters. The lowest BCUT2D eigenvalue weighted by Gasteiger charge is -2.48. The number of halogens is 2. The van der Waals surface area contributed by atoms with E-state index in [1.165, 1.54) is 12.4 Å². The number of benzene rings is 1. The van der Waals surface area contributed by atoms with Gasteiger partial charge in [0, 0.05) is 62.1 Å². The number of carbonyl (C=O) groups excluding carboxylic acids is 1. The van der Waals surface area contributed by atoms with Crippen LogP contribution >= 0.6 is 23.1 Å². The molecule has 8 nitrogen and oxygen atoms in total. The summed E-state index contributed by atoms with van der Waals surface area (Å²) >= 11 is 1.97. The summed E-state index contributed by atoms with van der Waals surface area (Å²) in [5.41, 5.74) is 2.01. The van der Waals surface area contributed by atoms with Gasteiger partial charge in [0.1, 0.15) is 0 Å². The summed E-state index contributed by atoms with van der Waals surface area (Å²) in [6.45, 7) is 7.18. The summed E-state index contributed by atoms with van der Waals surface area (Å²) < 4.78 is 25.8. The monoisotopic (exact) mass is 533 g/mol. The maximum atomic E-state index is 13.1. The Morgan fingerprint density at radius 3 is 2.58 bits per heavy atom. The predicted molar refractivity (Wildman–Crippen MR) is 140 cm³/mol. The van der Waals surface area contributed by atoms with E-state index in [1.807, 2.05) is 23.1 Å². The highest BCUT2D eigenvalue weighted by atomic mass is 32.2. The predicted octanol–water partition coefficient (Wildman–Crippen LogP) is 4.39. The minimum Gasteiger partial charge on any atom is -0.361 e. The van der Waals surface area contributed by atoms with Crippen LogP contribution in [0.4, 0.5) is 19.9 Å². The number of amides is 1. The molecule has 0 aliphatic carbocycles. The minimum atomic E-state index is -2.49. The Labute approximate surface area is 216 Å². The van der Waals surface area contributed by atoms with Crippen molar-refractivity contribution in [2.75, 3.05) is 49.9 Å². The molecule has 1 spiro atoms. The third-order valence-corrected chi connectivity index (χ3v) is 8.45. The fourth-order valence-corrected chi connectivity index (χ4v) is 5.85. The number of alkyl halides is 2. The molecule has 1 atom stereocenters. The number of thiazole rings is 1. The van der Waals surface area contributed by atoms with Gasteiger partial charge in [-0.1, -0.05) is 30.0 Å². The number of rotatable bonds is 9. The zero-order valence-corrected chi connectivity index (χ0v) is 21.6. The number of nitrogens with one attached hydrogen (secondary N) is 3. The van der Waals surface area contributed by atoms with Crippen molar-refractivity contribution in [1.29, 1.82) is 0 Å². The van der Waals surface area contributed by atoms with Crippen LogP contribution in [0, 0.1) is 11.3 Å². The number of anilines is 2. The molecule has 0 radical (unpaired) electrons. The molecule has 3 aromatic rings. The number of likely N-dealkylation sites (tertiary alicyclic amines) is 1. The fraction of sp³-hybridized carbons (Fsp3) is 0.500. The Hall–Kier alpha value is -2.57. The first kappa shape index (κ1) is 25.1.